The van der Waals surface area contributed by atoms with Gasteiger partial charge in [-0.3, -0.25) is 4.79 Å². The molecule has 1 heterocycles. The van der Waals surface area contributed by atoms with Gasteiger partial charge in [0.2, 0.25) is 0 Å². The van der Waals surface area contributed by atoms with Crippen molar-refractivity contribution in [1.29, 1.82) is 5.26 Å². The maximum Gasteiger partial charge on any atom is 0.251 e. The van der Waals surface area contributed by atoms with E-state index in [9.17, 15) is 18.0 Å². The van der Waals surface area contributed by atoms with Gasteiger partial charge in [0, 0.05) is 12.3 Å². The first-order chi connectivity index (χ1) is 15.9. The molecule has 164 valence electrons. The largest absolute Gasteiger partial charge is 0.483 e. The van der Waals surface area contributed by atoms with Gasteiger partial charge in [-0.25, -0.2) is 13.2 Å². The lowest BCUT2D eigenvalue weighted by Gasteiger charge is -2.30. The number of ether oxygens (including phenoxy) is 1. The van der Waals surface area contributed by atoms with E-state index in [2.05, 4.69) is 0 Å². The average molecular weight is 446 g/mol. The Balaban J connectivity index is 1.90. The van der Waals surface area contributed by atoms with Crippen LogP contribution in [0.4, 0.5) is 13.2 Å². The van der Waals surface area contributed by atoms with Crippen LogP contribution in [0.3, 0.4) is 0 Å². The SMILES string of the molecule is N#Cc1ccc(OC(c2ccc(F)cc2)[C@@H](c2ccc(F)cc2)n2cc(F)ccc2=O)cc1. The van der Waals surface area contributed by atoms with Gasteiger partial charge in [-0.1, -0.05) is 24.3 Å². The van der Waals surface area contributed by atoms with Crippen molar-refractivity contribution in [3.8, 4) is 11.8 Å². The molecule has 3 aromatic carbocycles. The normalized spacial score (nSPS) is 12.5. The molecule has 0 N–H and O–H groups in total. The van der Waals surface area contributed by atoms with Gasteiger partial charge in [-0.05, 0) is 65.7 Å². The molecule has 1 aromatic heterocycles. The molecule has 4 nitrogen and oxygen atoms in total. The van der Waals surface area contributed by atoms with Crippen molar-refractivity contribution in [3.05, 3.63) is 136 Å². The third-order valence-corrected chi connectivity index (χ3v) is 5.15. The van der Waals surface area contributed by atoms with E-state index in [0.29, 0.717) is 22.4 Å². The minimum atomic E-state index is -0.927. The van der Waals surface area contributed by atoms with Crippen LogP contribution < -0.4 is 10.3 Å². The number of nitriles is 1. The van der Waals surface area contributed by atoms with Crippen molar-refractivity contribution in [2.75, 3.05) is 0 Å². The van der Waals surface area contributed by atoms with Gasteiger partial charge in [-0.2, -0.15) is 5.26 Å². The minimum Gasteiger partial charge on any atom is -0.483 e. The molecule has 33 heavy (non-hydrogen) atoms. The lowest BCUT2D eigenvalue weighted by atomic mass is 9.94. The highest BCUT2D eigenvalue weighted by Gasteiger charge is 2.30. The van der Waals surface area contributed by atoms with Gasteiger partial charge in [0.05, 0.1) is 11.6 Å². The van der Waals surface area contributed by atoms with Crippen molar-refractivity contribution < 1.29 is 17.9 Å². The summed E-state index contributed by atoms with van der Waals surface area (Å²) >= 11 is 0. The first-order valence-electron chi connectivity index (χ1n) is 10.00. The van der Waals surface area contributed by atoms with Gasteiger partial charge in [0.25, 0.3) is 5.56 Å². The van der Waals surface area contributed by atoms with Crippen LogP contribution in [-0.2, 0) is 0 Å². The molecular weight excluding hydrogens is 429 g/mol. The summed E-state index contributed by atoms with van der Waals surface area (Å²) in [4.78, 5) is 12.7. The number of hydrogen-bond acceptors (Lipinski definition) is 3. The summed E-state index contributed by atoms with van der Waals surface area (Å²) in [5.74, 6) is -1.20. The van der Waals surface area contributed by atoms with Gasteiger partial charge < -0.3 is 9.30 Å². The summed E-state index contributed by atoms with van der Waals surface area (Å²) in [6.07, 6.45) is 0.123. The predicted octanol–water partition coefficient (Wildman–Crippen LogP) is 5.55. The highest BCUT2D eigenvalue weighted by atomic mass is 19.1. The van der Waals surface area contributed by atoms with E-state index in [1.54, 1.807) is 24.3 Å². The van der Waals surface area contributed by atoms with E-state index < -0.39 is 35.2 Å². The van der Waals surface area contributed by atoms with Crippen LogP contribution in [0.15, 0.2) is 95.9 Å². The second-order valence-corrected chi connectivity index (χ2v) is 7.32. The summed E-state index contributed by atoms with van der Waals surface area (Å²) in [6, 6.07) is 20.5. The van der Waals surface area contributed by atoms with Gasteiger partial charge >= 0.3 is 0 Å². The summed E-state index contributed by atoms with van der Waals surface area (Å²) in [5, 5.41) is 9.05. The van der Waals surface area contributed by atoms with E-state index in [0.717, 1.165) is 18.3 Å². The van der Waals surface area contributed by atoms with Crippen LogP contribution in [0.2, 0.25) is 0 Å². The molecule has 4 aromatic rings. The number of benzene rings is 3. The molecule has 7 heteroatoms. The summed E-state index contributed by atoms with van der Waals surface area (Å²) in [7, 11) is 0. The van der Waals surface area contributed by atoms with Crippen LogP contribution in [0.25, 0.3) is 0 Å². The Bertz CT molecular complexity index is 1340. The Morgan fingerprint density at radius 3 is 1.85 bits per heavy atom. The lowest BCUT2D eigenvalue weighted by molar-refractivity contribution is 0.155. The van der Waals surface area contributed by atoms with Crippen molar-refractivity contribution in [2.45, 2.75) is 12.1 Å². The third-order valence-electron chi connectivity index (χ3n) is 5.15. The van der Waals surface area contributed by atoms with Crippen LogP contribution >= 0.6 is 0 Å². The molecule has 0 bridgehead atoms. The zero-order chi connectivity index (χ0) is 23.4. The Morgan fingerprint density at radius 1 is 0.727 bits per heavy atom. The van der Waals surface area contributed by atoms with E-state index in [-0.39, 0.29) is 0 Å². The van der Waals surface area contributed by atoms with E-state index in [4.69, 9.17) is 10.00 Å². The molecule has 0 aliphatic heterocycles. The molecule has 2 atom stereocenters. The first kappa shape index (κ1) is 21.9. The van der Waals surface area contributed by atoms with E-state index >= 15 is 0 Å². The molecule has 4 rings (SSSR count). The van der Waals surface area contributed by atoms with E-state index in [1.165, 1.54) is 53.1 Å². The first-order valence-corrected chi connectivity index (χ1v) is 10.00. The fourth-order valence-electron chi connectivity index (χ4n) is 3.56. The standard InChI is InChI=1S/C26H17F3N2O2/c27-20-7-3-18(4-8-20)25(31-16-22(29)11-14-24(31)32)26(19-5-9-21(28)10-6-19)33-23-12-1-17(15-30)2-13-23/h1-14,16,25-26H/t25-,26?/m1/s1. The molecular formula is C26H17F3N2O2. The van der Waals surface area contributed by atoms with Crippen LogP contribution in [0.5, 0.6) is 5.75 Å². The van der Waals surface area contributed by atoms with Crippen LogP contribution in [-0.4, -0.2) is 4.57 Å². The van der Waals surface area contributed by atoms with Crippen molar-refractivity contribution in [1.82, 2.24) is 4.57 Å². The number of hydrogen-bond donors (Lipinski definition) is 0. The van der Waals surface area contributed by atoms with Gasteiger partial charge in [-0.15, -0.1) is 0 Å². The topological polar surface area (TPSA) is 55.0 Å². The van der Waals surface area contributed by atoms with Crippen molar-refractivity contribution >= 4 is 0 Å². The maximum absolute atomic E-state index is 14.2. The Labute approximate surface area is 187 Å². The fraction of sp³-hybridized carbons (Fsp3) is 0.0769. The molecule has 1 unspecified atom stereocenters. The van der Waals surface area contributed by atoms with Crippen LogP contribution in [0, 0.1) is 28.8 Å². The molecule has 0 aliphatic rings. The Morgan fingerprint density at radius 2 is 1.27 bits per heavy atom. The summed E-state index contributed by atoms with van der Waals surface area (Å²) in [6.45, 7) is 0. The number of aromatic nitrogens is 1. The van der Waals surface area contributed by atoms with Crippen molar-refractivity contribution in [3.63, 3.8) is 0 Å². The summed E-state index contributed by atoms with van der Waals surface area (Å²) in [5.41, 5.74) is 0.914. The monoisotopic (exact) mass is 446 g/mol. The molecule has 0 saturated carbocycles. The molecule has 0 saturated heterocycles. The molecule has 0 fully saturated rings. The number of halogens is 3. The molecule has 0 radical (unpaired) electrons. The quantitative estimate of drug-likeness (QED) is 0.390. The zero-order valence-electron chi connectivity index (χ0n) is 17.2. The average Bonchev–Trinajstić information content (AvgIpc) is 2.83. The predicted molar refractivity (Wildman–Crippen MR) is 116 cm³/mol. The molecule has 0 aliphatic carbocycles. The smallest absolute Gasteiger partial charge is 0.251 e. The van der Waals surface area contributed by atoms with Gasteiger partial charge in [0.15, 0.2) is 0 Å². The second-order valence-electron chi connectivity index (χ2n) is 7.32. The van der Waals surface area contributed by atoms with E-state index in [1.807, 2.05) is 6.07 Å². The highest BCUT2D eigenvalue weighted by molar-refractivity contribution is 5.36. The minimum absolute atomic E-state index is 0.375. The van der Waals surface area contributed by atoms with Crippen molar-refractivity contribution in [2.24, 2.45) is 0 Å². The number of rotatable bonds is 6. The zero-order valence-corrected chi connectivity index (χ0v) is 17.2. The number of pyridine rings is 1. The molecule has 0 amide bonds. The fourth-order valence-corrected chi connectivity index (χ4v) is 3.56. The Hall–Kier alpha value is -4.31. The lowest BCUT2D eigenvalue weighted by Crippen LogP contribution is -2.31. The van der Waals surface area contributed by atoms with Crippen LogP contribution in [0.1, 0.15) is 28.8 Å². The molecule has 0 spiro atoms. The maximum atomic E-state index is 14.2. The van der Waals surface area contributed by atoms with Gasteiger partial charge in [0.1, 0.15) is 35.3 Å². The Kier molecular flexibility index (Phi) is 6.27. The third kappa shape index (κ3) is 4.96. The second kappa shape index (κ2) is 9.45. The number of nitrogens with zero attached hydrogens (tertiary/aromatic N) is 2. The highest BCUT2D eigenvalue weighted by Crippen LogP contribution is 2.36. The summed E-state index contributed by atoms with van der Waals surface area (Å²) < 4.78 is 48.9.